The van der Waals surface area contributed by atoms with E-state index in [0.717, 1.165) is 16.7 Å². The van der Waals surface area contributed by atoms with Crippen molar-refractivity contribution < 1.29 is 28.5 Å². The third-order valence-electron chi connectivity index (χ3n) is 6.44. The number of carbonyl (C=O) groups is 1. The molecule has 0 aliphatic carbocycles. The molecule has 3 aromatic rings. The van der Waals surface area contributed by atoms with Gasteiger partial charge in [-0.05, 0) is 23.1 Å². The molecule has 1 heterocycles. The molecule has 1 aliphatic heterocycles. The molecule has 0 radical (unpaired) electrons. The Morgan fingerprint density at radius 2 is 1.13 bits per heavy atom. The van der Waals surface area contributed by atoms with Gasteiger partial charge in [0.1, 0.15) is 31.0 Å². The first-order valence-corrected chi connectivity index (χ1v) is 13.0. The lowest BCUT2D eigenvalue weighted by Gasteiger charge is -2.46. The van der Waals surface area contributed by atoms with Crippen molar-refractivity contribution in [3.63, 3.8) is 0 Å². The fraction of sp³-hybridized carbons (Fsp3) is 0.344. The van der Waals surface area contributed by atoms with Crippen LogP contribution in [0.2, 0.25) is 0 Å². The second kappa shape index (κ2) is 14.6. The van der Waals surface area contributed by atoms with Crippen LogP contribution >= 0.6 is 0 Å². The number of carbonyl (C=O) groups excluding carboxylic acids is 1. The molecule has 0 saturated carbocycles. The fourth-order valence-electron chi connectivity index (χ4n) is 4.57. The first-order valence-electron chi connectivity index (χ1n) is 13.0. The predicted molar refractivity (Wildman–Crippen MR) is 145 cm³/mol. The van der Waals surface area contributed by atoms with E-state index in [1.165, 1.54) is 6.92 Å². The standard InChI is InChI=1S/C32H36O6/c1-3-13-28-30(35-20-25-14-7-4-8-15-25)32(37-22-27-18-11-6-12-19-27)31(29(38-28)23-34-24(2)33)36-21-26-16-9-5-10-17-26/h3-12,14-19,28-32H,1,13,20-23H2,2H3/t28-,29-,30-,31-,32-/m1/s1. The summed E-state index contributed by atoms with van der Waals surface area (Å²) in [6, 6.07) is 29.9. The SMILES string of the molecule is C=CC[C@H]1O[C@H](COC(C)=O)[C@@H](OCc2ccccc2)[C@H](OCc2ccccc2)[C@@H]1OCc1ccccc1. The largest absolute Gasteiger partial charge is 0.463 e. The Morgan fingerprint density at radius 1 is 0.711 bits per heavy atom. The number of rotatable bonds is 13. The molecule has 38 heavy (non-hydrogen) atoms. The summed E-state index contributed by atoms with van der Waals surface area (Å²) in [5, 5.41) is 0. The summed E-state index contributed by atoms with van der Waals surface area (Å²) >= 11 is 0. The Bertz CT molecular complexity index is 1100. The fourth-order valence-corrected chi connectivity index (χ4v) is 4.57. The number of hydrogen-bond acceptors (Lipinski definition) is 6. The highest BCUT2D eigenvalue weighted by Gasteiger charge is 2.48. The van der Waals surface area contributed by atoms with Gasteiger partial charge in [0.15, 0.2) is 0 Å². The average molecular weight is 517 g/mol. The van der Waals surface area contributed by atoms with E-state index in [1.807, 2.05) is 97.1 Å². The van der Waals surface area contributed by atoms with E-state index in [4.69, 9.17) is 23.7 Å². The molecule has 200 valence electrons. The van der Waals surface area contributed by atoms with Crippen molar-refractivity contribution in [3.8, 4) is 0 Å². The minimum atomic E-state index is -0.542. The normalized spacial score (nSPS) is 23.0. The third-order valence-corrected chi connectivity index (χ3v) is 6.44. The van der Waals surface area contributed by atoms with Gasteiger partial charge in [-0.1, -0.05) is 97.1 Å². The Kier molecular flexibility index (Phi) is 10.7. The minimum absolute atomic E-state index is 0.0546. The molecule has 0 N–H and O–H groups in total. The molecule has 4 rings (SSSR count). The van der Waals surface area contributed by atoms with Crippen LogP contribution in [0.25, 0.3) is 0 Å². The van der Waals surface area contributed by atoms with Crippen molar-refractivity contribution in [1.82, 2.24) is 0 Å². The molecule has 5 atom stereocenters. The number of ether oxygens (including phenoxy) is 5. The molecule has 1 fully saturated rings. The Labute approximate surface area is 225 Å². The zero-order valence-electron chi connectivity index (χ0n) is 21.8. The smallest absolute Gasteiger partial charge is 0.302 e. The second-order valence-electron chi connectivity index (χ2n) is 9.32. The van der Waals surface area contributed by atoms with Crippen LogP contribution in [0.1, 0.15) is 30.0 Å². The van der Waals surface area contributed by atoms with Gasteiger partial charge in [0.25, 0.3) is 0 Å². The van der Waals surface area contributed by atoms with E-state index in [0.29, 0.717) is 26.2 Å². The van der Waals surface area contributed by atoms with Gasteiger partial charge < -0.3 is 23.7 Å². The van der Waals surface area contributed by atoms with Gasteiger partial charge in [0.2, 0.25) is 0 Å². The van der Waals surface area contributed by atoms with Gasteiger partial charge in [0, 0.05) is 6.92 Å². The Morgan fingerprint density at radius 3 is 1.55 bits per heavy atom. The van der Waals surface area contributed by atoms with E-state index < -0.39 is 24.4 Å². The topological polar surface area (TPSA) is 63.2 Å². The average Bonchev–Trinajstić information content (AvgIpc) is 2.95. The summed E-state index contributed by atoms with van der Waals surface area (Å²) in [6.45, 7) is 6.50. The Balaban J connectivity index is 1.62. The van der Waals surface area contributed by atoms with Gasteiger partial charge in [-0.25, -0.2) is 0 Å². The van der Waals surface area contributed by atoms with Crippen LogP contribution in [0.5, 0.6) is 0 Å². The van der Waals surface area contributed by atoms with E-state index in [2.05, 4.69) is 6.58 Å². The Hall–Kier alpha value is -3.29. The number of hydrogen-bond donors (Lipinski definition) is 0. The van der Waals surface area contributed by atoms with Crippen molar-refractivity contribution in [2.45, 2.75) is 63.7 Å². The van der Waals surface area contributed by atoms with Crippen LogP contribution < -0.4 is 0 Å². The zero-order valence-corrected chi connectivity index (χ0v) is 21.8. The van der Waals surface area contributed by atoms with Crippen LogP contribution in [0, 0.1) is 0 Å². The van der Waals surface area contributed by atoms with Crippen molar-refractivity contribution in [2.24, 2.45) is 0 Å². The molecule has 1 saturated heterocycles. The maximum atomic E-state index is 11.7. The first-order chi connectivity index (χ1) is 18.6. The minimum Gasteiger partial charge on any atom is -0.463 e. The molecule has 0 aromatic heterocycles. The van der Waals surface area contributed by atoms with Crippen LogP contribution in [-0.2, 0) is 48.3 Å². The number of esters is 1. The van der Waals surface area contributed by atoms with Crippen molar-refractivity contribution in [1.29, 1.82) is 0 Å². The summed E-state index contributed by atoms with van der Waals surface area (Å²) in [7, 11) is 0. The summed E-state index contributed by atoms with van der Waals surface area (Å²) in [5.41, 5.74) is 3.12. The van der Waals surface area contributed by atoms with Crippen molar-refractivity contribution in [2.75, 3.05) is 6.61 Å². The van der Waals surface area contributed by atoms with Crippen LogP contribution in [0.15, 0.2) is 104 Å². The van der Waals surface area contributed by atoms with Crippen LogP contribution in [0.4, 0.5) is 0 Å². The molecule has 1 aliphatic rings. The molecule has 6 nitrogen and oxygen atoms in total. The van der Waals surface area contributed by atoms with E-state index in [-0.39, 0.29) is 18.7 Å². The summed E-state index contributed by atoms with van der Waals surface area (Å²) in [5.74, 6) is -0.375. The van der Waals surface area contributed by atoms with E-state index in [1.54, 1.807) is 0 Å². The van der Waals surface area contributed by atoms with Crippen LogP contribution in [0.3, 0.4) is 0 Å². The highest BCUT2D eigenvalue weighted by atomic mass is 16.6. The molecular weight excluding hydrogens is 480 g/mol. The zero-order chi connectivity index (χ0) is 26.6. The molecule has 6 heteroatoms. The molecule has 0 spiro atoms. The lowest BCUT2D eigenvalue weighted by molar-refractivity contribution is -0.270. The van der Waals surface area contributed by atoms with Crippen molar-refractivity contribution >= 4 is 5.97 Å². The molecule has 0 unspecified atom stereocenters. The summed E-state index contributed by atoms with van der Waals surface area (Å²) in [4.78, 5) is 11.7. The first kappa shape index (κ1) is 27.7. The quantitative estimate of drug-likeness (QED) is 0.216. The second-order valence-corrected chi connectivity index (χ2v) is 9.32. The maximum absolute atomic E-state index is 11.7. The highest BCUT2D eigenvalue weighted by molar-refractivity contribution is 5.65. The van der Waals surface area contributed by atoms with Gasteiger partial charge in [0.05, 0.1) is 25.9 Å². The van der Waals surface area contributed by atoms with Gasteiger partial charge >= 0.3 is 5.97 Å². The van der Waals surface area contributed by atoms with Gasteiger partial charge in [-0.3, -0.25) is 4.79 Å². The predicted octanol–water partition coefficient (Wildman–Crippen LogP) is 5.65. The highest BCUT2D eigenvalue weighted by Crippen LogP contribution is 2.32. The molecule has 0 amide bonds. The monoisotopic (exact) mass is 516 g/mol. The van der Waals surface area contributed by atoms with Gasteiger partial charge in [-0.2, -0.15) is 0 Å². The summed E-state index contributed by atoms with van der Waals surface area (Å²) < 4.78 is 31.4. The van der Waals surface area contributed by atoms with Crippen LogP contribution in [-0.4, -0.2) is 43.1 Å². The van der Waals surface area contributed by atoms with Gasteiger partial charge in [-0.15, -0.1) is 6.58 Å². The van der Waals surface area contributed by atoms with Crippen molar-refractivity contribution in [3.05, 3.63) is 120 Å². The van der Waals surface area contributed by atoms with E-state index in [9.17, 15) is 4.79 Å². The lowest BCUT2D eigenvalue weighted by atomic mass is 9.92. The molecular formula is C32H36O6. The number of benzene rings is 3. The lowest BCUT2D eigenvalue weighted by Crippen LogP contribution is -2.61. The molecule has 3 aromatic carbocycles. The maximum Gasteiger partial charge on any atom is 0.302 e. The van der Waals surface area contributed by atoms with E-state index >= 15 is 0 Å². The third kappa shape index (κ3) is 8.10. The summed E-state index contributed by atoms with van der Waals surface area (Å²) in [6.07, 6.45) is 0.00524. The molecule has 0 bridgehead atoms.